The van der Waals surface area contributed by atoms with E-state index in [4.69, 9.17) is 5.73 Å². The lowest BCUT2D eigenvalue weighted by Gasteiger charge is -2.04. The lowest BCUT2D eigenvalue weighted by Crippen LogP contribution is -2.14. The zero-order valence-electron chi connectivity index (χ0n) is 8.21. The van der Waals surface area contributed by atoms with E-state index in [2.05, 4.69) is 4.98 Å². The molecule has 1 aromatic carbocycles. The summed E-state index contributed by atoms with van der Waals surface area (Å²) in [7, 11) is 0. The molecule has 16 heavy (non-hydrogen) atoms. The first-order valence-corrected chi connectivity index (χ1v) is 4.59. The molecular weight excluding hydrogens is 214 g/mol. The number of rotatable bonds is 2. The van der Waals surface area contributed by atoms with Gasteiger partial charge in [-0.2, -0.15) is 0 Å². The number of hydrogen-bond donors (Lipinski definition) is 1. The van der Waals surface area contributed by atoms with E-state index in [-0.39, 0.29) is 22.9 Å². The van der Waals surface area contributed by atoms with Gasteiger partial charge in [0.1, 0.15) is 11.6 Å². The average molecular weight is 222 g/mol. The van der Waals surface area contributed by atoms with Gasteiger partial charge < -0.3 is 5.73 Å². The molecule has 2 aromatic rings. The molecule has 0 fully saturated rings. The van der Waals surface area contributed by atoms with Crippen molar-refractivity contribution in [3.8, 4) is 0 Å². The summed E-state index contributed by atoms with van der Waals surface area (Å²) >= 11 is 0. The fourth-order valence-corrected chi connectivity index (χ4v) is 1.57. The minimum atomic E-state index is -0.705. The van der Waals surface area contributed by atoms with Crippen LogP contribution in [0.25, 0.3) is 10.8 Å². The fourth-order valence-electron chi connectivity index (χ4n) is 1.57. The number of nitrogens with two attached hydrogens (primary N) is 1. The largest absolute Gasteiger partial charge is 0.369 e. The van der Waals surface area contributed by atoms with Crippen molar-refractivity contribution >= 4 is 16.7 Å². The van der Waals surface area contributed by atoms with Crippen LogP contribution in [0.2, 0.25) is 0 Å². The molecule has 0 spiro atoms. The summed E-state index contributed by atoms with van der Waals surface area (Å²) in [6.07, 6.45) is 1.22. The van der Waals surface area contributed by atoms with E-state index >= 15 is 0 Å². The highest BCUT2D eigenvalue weighted by atomic mass is 19.1. The van der Waals surface area contributed by atoms with Crippen molar-refractivity contribution in [2.75, 3.05) is 0 Å². The second kappa shape index (κ2) is 3.84. The second-order valence-electron chi connectivity index (χ2n) is 3.38. The van der Waals surface area contributed by atoms with Crippen molar-refractivity contribution in [2.24, 2.45) is 5.73 Å². The van der Waals surface area contributed by atoms with E-state index in [9.17, 15) is 13.6 Å². The topological polar surface area (TPSA) is 56.0 Å². The first-order chi connectivity index (χ1) is 7.58. The van der Waals surface area contributed by atoms with Crippen LogP contribution in [0.1, 0.15) is 5.69 Å². The number of halogens is 2. The molecule has 0 atom stereocenters. The molecule has 82 valence electrons. The summed E-state index contributed by atoms with van der Waals surface area (Å²) in [4.78, 5) is 14.7. The van der Waals surface area contributed by atoms with Gasteiger partial charge in [0.2, 0.25) is 5.91 Å². The maximum atomic E-state index is 13.4. The predicted octanol–water partition coefficient (Wildman–Crippen LogP) is 1.54. The zero-order valence-corrected chi connectivity index (χ0v) is 8.21. The fraction of sp³-hybridized carbons (Fsp3) is 0.0909. The molecule has 5 heteroatoms. The molecule has 3 nitrogen and oxygen atoms in total. The Balaban J connectivity index is 2.71. The van der Waals surface area contributed by atoms with Crippen LogP contribution in [-0.4, -0.2) is 10.9 Å². The van der Waals surface area contributed by atoms with Crippen LogP contribution in [0.15, 0.2) is 24.4 Å². The van der Waals surface area contributed by atoms with Gasteiger partial charge in [0.25, 0.3) is 0 Å². The highest BCUT2D eigenvalue weighted by molar-refractivity contribution is 5.88. The van der Waals surface area contributed by atoms with Crippen molar-refractivity contribution in [1.29, 1.82) is 0 Å². The van der Waals surface area contributed by atoms with Crippen LogP contribution < -0.4 is 5.73 Å². The Bertz CT molecular complexity index is 569. The number of nitrogens with zero attached hydrogens (tertiary/aromatic N) is 1. The second-order valence-corrected chi connectivity index (χ2v) is 3.38. The molecule has 1 amide bonds. The number of fused-ring (bicyclic) bond motifs is 1. The van der Waals surface area contributed by atoms with Crippen molar-refractivity contribution in [3.05, 3.63) is 41.7 Å². The number of carbonyl (C=O) groups is 1. The Morgan fingerprint density at radius 2 is 2.06 bits per heavy atom. The van der Waals surface area contributed by atoms with Gasteiger partial charge in [0, 0.05) is 23.0 Å². The average Bonchev–Trinajstić information content (AvgIpc) is 2.18. The van der Waals surface area contributed by atoms with E-state index in [1.165, 1.54) is 12.3 Å². The van der Waals surface area contributed by atoms with Crippen molar-refractivity contribution in [3.63, 3.8) is 0 Å². The Morgan fingerprint density at radius 1 is 1.31 bits per heavy atom. The minimum absolute atomic E-state index is 0.139. The van der Waals surface area contributed by atoms with Gasteiger partial charge >= 0.3 is 0 Å². The van der Waals surface area contributed by atoms with E-state index in [1.54, 1.807) is 0 Å². The Kier molecular flexibility index (Phi) is 2.52. The Morgan fingerprint density at radius 3 is 2.75 bits per heavy atom. The molecule has 0 saturated heterocycles. The third-order valence-electron chi connectivity index (χ3n) is 2.22. The van der Waals surface area contributed by atoms with Crippen molar-refractivity contribution < 1.29 is 13.6 Å². The summed E-state index contributed by atoms with van der Waals surface area (Å²) in [6.45, 7) is 0. The van der Waals surface area contributed by atoms with Gasteiger partial charge in [0.05, 0.1) is 12.1 Å². The van der Waals surface area contributed by atoms with Gasteiger partial charge in [-0.05, 0) is 12.1 Å². The van der Waals surface area contributed by atoms with E-state index in [0.717, 1.165) is 12.1 Å². The molecule has 0 unspecified atom stereocenters. The van der Waals surface area contributed by atoms with Gasteiger partial charge in [-0.1, -0.05) is 0 Å². The van der Waals surface area contributed by atoms with Gasteiger partial charge in [0.15, 0.2) is 0 Å². The third kappa shape index (κ3) is 1.84. The van der Waals surface area contributed by atoms with Crippen LogP contribution in [0.3, 0.4) is 0 Å². The molecule has 0 bridgehead atoms. The molecule has 0 radical (unpaired) electrons. The summed E-state index contributed by atoms with van der Waals surface area (Å²) < 4.78 is 26.4. The van der Waals surface area contributed by atoms with Gasteiger partial charge in [-0.3, -0.25) is 9.78 Å². The first-order valence-electron chi connectivity index (χ1n) is 4.59. The molecule has 1 heterocycles. The molecule has 2 N–H and O–H groups in total. The molecular formula is C11H8F2N2O. The van der Waals surface area contributed by atoms with Crippen LogP contribution in [0, 0.1) is 11.6 Å². The number of aromatic nitrogens is 1. The Hall–Kier alpha value is -2.04. The van der Waals surface area contributed by atoms with Crippen LogP contribution in [0.5, 0.6) is 0 Å². The standard InChI is InChI=1S/C11H8F2N2O/c12-6-3-8-7(9(13)4-6)1-2-15-10(8)5-11(14)16/h1-4H,5H2,(H2,14,16). The highest BCUT2D eigenvalue weighted by Gasteiger charge is 2.10. The van der Waals surface area contributed by atoms with Crippen molar-refractivity contribution in [1.82, 2.24) is 4.98 Å². The summed E-state index contributed by atoms with van der Waals surface area (Å²) in [5, 5.41) is 0.506. The van der Waals surface area contributed by atoms with Crippen LogP contribution in [0.4, 0.5) is 8.78 Å². The normalized spacial score (nSPS) is 10.6. The van der Waals surface area contributed by atoms with E-state index in [0.29, 0.717) is 0 Å². The van der Waals surface area contributed by atoms with Crippen molar-refractivity contribution in [2.45, 2.75) is 6.42 Å². The smallest absolute Gasteiger partial charge is 0.223 e. The number of benzene rings is 1. The number of amides is 1. The third-order valence-corrected chi connectivity index (χ3v) is 2.22. The lowest BCUT2D eigenvalue weighted by molar-refractivity contribution is -0.117. The molecule has 0 aliphatic heterocycles. The Labute approximate surface area is 89.9 Å². The van der Waals surface area contributed by atoms with Gasteiger partial charge in [-0.15, -0.1) is 0 Å². The zero-order chi connectivity index (χ0) is 11.7. The van der Waals surface area contributed by atoms with Gasteiger partial charge in [-0.25, -0.2) is 8.78 Å². The van der Waals surface area contributed by atoms with Crippen LogP contribution in [-0.2, 0) is 11.2 Å². The number of pyridine rings is 1. The van der Waals surface area contributed by atoms with Crippen LogP contribution >= 0.6 is 0 Å². The first kappa shape index (κ1) is 10.5. The molecule has 2 rings (SSSR count). The van der Waals surface area contributed by atoms with E-state index < -0.39 is 17.5 Å². The van der Waals surface area contributed by atoms with E-state index in [1.807, 2.05) is 0 Å². The predicted molar refractivity (Wildman–Crippen MR) is 54.6 cm³/mol. The number of carbonyl (C=O) groups excluding carboxylic acids is 1. The molecule has 0 aliphatic carbocycles. The molecule has 1 aromatic heterocycles. The summed E-state index contributed by atoms with van der Waals surface area (Å²) in [6, 6.07) is 3.36. The summed E-state index contributed by atoms with van der Waals surface area (Å²) in [5.74, 6) is -1.98. The number of primary amides is 1. The SMILES string of the molecule is NC(=O)Cc1nccc2c(F)cc(F)cc12. The summed E-state index contributed by atoms with van der Waals surface area (Å²) in [5.41, 5.74) is 5.31. The molecule has 0 aliphatic rings. The maximum absolute atomic E-state index is 13.4. The quantitative estimate of drug-likeness (QED) is 0.837. The molecule has 0 saturated carbocycles. The number of hydrogen-bond acceptors (Lipinski definition) is 2. The monoisotopic (exact) mass is 222 g/mol. The maximum Gasteiger partial charge on any atom is 0.223 e. The minimum Gasteiger partial charge on any atom is -0.369 e. The highest BCUT2D eigenvalue weighted by Crippen LogP contribution is 2.21. The lowest BCUT2D eigenvalue weighted by atomic mass is 10.1.